The quantitative estimate of drug-likeness (QED) is 0.701. The Morgan fingerprint density at radius 3 is 2.35 bits per heavy atom. The van der Waals surface area contributed by atoms with Crippen LogP contribution in [0.1, 0.15) is 44.9 Å². The largest absolute Gasteiger partial charge is 0.875 e. The van der Waals surface area contributed by atoms with Crippen molar-refractivity contribution < 1.29 is 15.2 Å². The topological polar surface area (TPSA) is 56.7 Å². The minimum Gasteiger partial charge on any atom is -0.875 e. The first-order valence-electron chi connectivity index (χ1n) is 7.07. The van der Waals surface area contributed by atoms with Gasteiger partial charge in [-0.3, -0.25) is 4.79 Å². The lowest BCUT2D eigenvalue weighted by atomic mass is 9.80. The first-order chi connectivity index (χ1) is 8.29. The molecule has 0 spiro atoms. The normalized spacial score (nSPS) is 38.4. The predicted molar refractivity (Wildman–Crippen MR) is 61.9 cm³/mol. The van der Waals surface area contributed by atoms with Gasteiger partial charge in [-0.05, 0) is 31.6 Å². The highest BCUT2D eigenvalue weighted by Crippen LogP contribution is 2.42. The number of ketones is 1. The number of fused-ring (bicyclic) bond motifs is 1. The third-order valence-electron chi connectivity index (χ3n) is 4.76. The van der Waals surface area contributed by atoms with Crippen molar-refractivity contribution in [1.82, 2.24) is 0 Å². The fourth-order valence-corrected chi connectivity index (χ4v) is 3.85. The number of nitrogens with two attached hydrogens (primary N) is 1. The maximum Gasteiger partial charge on any atom is 0.167 e. The first-order valence-corrected chi connectivity index (χ1v) is 7.07. The molecule has 0 bridgehead atoms. The number of piperidine rings is 1. The fraction of sp³-hybridized carbons (Fsp3) is 0.786. The molecule has 0 aromatic carbocycles. The molecule has 2 fully saturated rings. The number of rotatable bonds is 1. The SMILES string of the molecule is O=C1C(C2CCCC[NH2+]2)=C([O-])C2CCCCC12. The molecule has 3 atom stereocenters. The molecule has 1 saturated carbocycles. The monoisotopic (exact) mass is 235 g/mol. The van der Waals surface area contributed by atoms with Gasteiger partial charge in [0.2, 0.25) is 0 Å². The van der Waals surface area contributed by atoms with Crippen LogP contribution < -0.4 is 10.4 Å². The number of carbonyl (C=O) groups is 1. The van der Waals surface area contributed by atoms with Gasteiger partial charge < -0.3 is 10.4 Å². The third-order valence-corrected chi connectivity index (χ3v) is 4.76. The van der Waals surface area contributed by atoms with E-state index < -0.39 is 0 Å². The number of hydrogen-bond donors (Lipinski definition) is 1. The number of allylic oxidation sites excluding steroid dienone is 1. The molecule has 17 heavy (non-hydrogen) atoms. The van der Waals surface area contributed by atoms with Crippen molar-refractivity contribution in [2.24, 2.45) is 11.8 Å². The van der Waals surface area contributed by atoms with E-state index in [0.29, 0.717) is 5.57 Å². The summed E-state index contributed by atoms with van der Waals surface area (Å²) in [5.74, 6) is 0.536. The number of Topliss-reactive ketones (excluding diaryl/α,β-unsaturated/α-hetero) is 1. The van der Waals surface area contributed by atoms with Gasteiger partial charge in [-0.2, -0.15) is 0 Å². The summed E-state index contributed by atoms with van der Waals surface area (Å²) < 4.78 is 0. The minimum absolute atomic E-state index is 0.0570. The summed E-state index contributed by atoms with van der Waals surface area (Å²) in [7, 11) is 0. The zero-order chi connectivity index (χ0) is 11.8. The van der Waals surface area contributed by atoms with Gasteiger partial charge in [-0.1, -0.05) is 12.8 Å². The Kier molecular flexibility index (Phi) is 2.95. The second-order valence-electron chi connectivity index (χ2n) is 5.77. The fourth-order valence-electron chi connectivity index (χ4n) is 3.85. The van der Waals surface area contributed by atoms with Crippen molar-refractivity contribution in [3.8, 4) is 0 Å². The Morgan fingerprint density at radius 2 is 1.71 bits per heavy atom. The van der Waals surface area contributed by atoms with Crippen LogP contribution in [0.3, 0.4) is 0 Å². The highest BCUT2D eigenvalue weighted by molar-refractivity contribution is 6.01. The molecule has 0 amide bonds. The van der Waals surface area contributed by atoms with Crippen LogP contribution >= 0.6 is 0 Å². The molecule has 0 aromatic rings. The molecule has 1 heterocycles. The summed E-state index contributed by atoms with van der Waals surface area (Å²) in [5.41, 5.74) is 0.682. The first kappa shape index (κ1) is 11.3. The van der Waals surface area contributed by atoms with Gasteiger partial charge in [0, 0.05) is 17.9 Å². The van der Waals surface area contributed by atoms with Gasteiger partial charge in [-0.15, -0.1) is 5.76 Å². The summed E-state index contributed by atoms with van der Waals surface area (Å²) in [4.78, 5) is 12.4. The Labute approximate surface area is 102 Å². The molecule has 94 valence electrons. The van der Waals surface area contributed by atoms with Crippen molar-refractivity contribution in [3.63, 3.8) is 0 Å². The molecule has 3 unspecified atom stereocenters. The molecular weight excluding hydrogens is 214 g/mol. The highest BCUT2D eigenvalue weighted by atomic mass is 16.3. The zero-order valence-corrected chi connectivity index (χ0v) is 10.3. The van der Waals surface area contributed by atoms with Crippen molar-refractivity contribution in [2.75, 3.05) is 6.54 Å². The van der Waals surface area contributed by atoms with Gasteiger partial charge in [0.1, 0.15) is 6.04 Å². The van der Waals surface area contributed by atoms with E-state index in [0.717, 1.165) is 38.6 Å². The lowest BCUT2D eigenvalue weighted by Gasteiger charge is -2.28. The Morgan fingerprint density at radius 1 is 1.00 bits per heavy atom. The summed E-state index contributed by atoms with van der Waals surface area (Å²) in [6.45, 7) is 1.07. The van der Waals surface area contributed by atoms with Crippen LogP contribution in [0.15, 0.2) is 11.3 Å². The third kappa shape index (κ3) is 1.81. The Balaban J connectivity index is 1.86. The Bertz CT molecular complexity index is 355. The van der Waals surface area contributed by atoms with E-state index in [-0.39, 0.29) is 29.4 Å². The zero-order valence-electron chi connectivity index (χ0n) is 10.3. The van der Waals surface area contributed by atoms with Crippen LogP contribution in [-0.4, -0.2) is 18.4 Å². The Hall–Kier alpha value is -0.830. The van der Waals surface area contributed by atoms with E-state index in [2.05, 4.69) is 5.32 Å². The van der Waals surface area contributed by atoms with Crippen molar-refractivity contribution in [3.05, 3.63) is 11.3 Å². The average Bonchev–Trinajstić information content (AvgIpc) is 2.64. The smallest absolute Gasteiger partial charge is 0.167 e. The molecule has 3 aliphatic rings. The maximum absolute atomic E-state index is 12.4. The van der Waals surface area contributed by atoms with Crippen LogP contribution in [0.4, 0.5) is 0 Å². The van der Waals surface area contributed by atoms with E-state index in [1.165, 1.54) is 12.8 Å². The molecule has 0 radical (unpaired) electrons. The van der Waals surface area contributed by atoms with E-state index in [4.69, 9.17) is 0 Å². The van der Waals surface area contributed by atoms with Crippen LogP contribution in [0.25, 0.3) is 0 Å². The van der Waals surface area contributed by atoms with E-state index in [1.54, 1.807) is 0 Å². The van der Waals surface area contributed by atoms with Gasteiger partial charge in [0.05, 0.1) is 6.54 Å². The molecule has 1 saturated heterocycles. The summed E-state index contributed by atoms with van der Waals surface area (Å²) >= 11 is 0. The number of hydrogen-bond acceptors (Lipinski definition) is 2. The van der Waals surface area contributed by atoms with Crippen molar-refractivity contribution in [1.29, 1.82) is 0 Å². The number of quaternary nitrogens is 1. The molecule has 1 aliphatic heterocycles. The lowest BCUT2D eigenvalue weighted by molar-refractivity contribution is -0.688. The van der Waals surface area contributed by atoms with E-state index in [9.17, 15) is 9.90 Å². The number of carbonyl (C=O) groups excluding carboxylic acids is 1. The standard InChI is InChI=1S/C14H21NO2/c16-13-9-5-1-2-6-10(9)14(17)12(13)11-7-3-4-8-15-11/h9-11,15-16H,1-8H2. The van der Waals surface area contributed by atoms with Crippen molar-refractivity contribution >= 4 is 5.78 Å². The highest BCUT2D eigenvalue weighted by Gasteiger charge is 2.42. The van der Waals surface area contributed by atoms with Crippen LogP contribution in [0.2, 0.25) is 0 Å². The van der Waals surface area contributed by atoms with Crippen LogP contribution in [0.5, 0.6) is 0 Å². The predicted octanol–water partition coefficient (Wildman–Crippen LogP) is 0.106. The molecule has 2 aliphatic carbocycles. The van der Waals surface area contributed by atoms with Crippen LogP contribution in [0, 0.1) is 11.8 Å². The molecule has 3 nitrogen and oxygen atoms in total. The lowest BCUT2D eigenvalue weighted by Crippen LogP contribution is -2.92. The minimum atomic E-state index is 0.0570. The van der Waals surface area contributed by atoms with Gasteiger partial charge in [0.15, 0.2) is 5.78 Å². The van der Waals surface area contributed by atoms with Gasteiger partial charge in [0.25, 0.3) is 0 Å². The summed E-state index contributed by atoms with van der Waals surface area (Å²) in [6.07, 6.45) is 7.56. The average molecular weight is 235 g/mol. The molecule has 2 N–H and O–H groups in total. The van der Waals surface area contributed by atoms with Crippen molar-refractivity contribution in [2.45, 2.75) is 51.0 Å². The van der Waals surface area contributed by atoms with Gasteiger partial charge in [-0.25, -0.2) is 0 Å². The molecule has 3 rings (SSSR count). The molecule has 0 aromatic heterocycles. The second-order valence-corrected chi connectivity index (χ2v) is 5.77. The van der Waals surface area contributed by atoms with E-state index in [1.807, 2.05) is 0 Å². The van der Waals surface area contributed by atoms with E-state index >= 15 is 0 Å². The summed E-state index contributed by atoms with van der Waals surface area (Å²) in [6, 6.07) is 0.189. The molecular formula is C14H21NO2. The second kappa shape index (κ2) is 4.45. The molecule has 3 heteroatoms. The summed E-state index contributed by atoms with van der Waals surface area (Å²) in [5, 5.41) is 14.6. The van der Waals surface area contributed by atoms with Gasteiger partial charge >= 0.3 is 0 Å². The maximum atomic E-state index is 12.4. The van der Waals surface area contributed by atoms with Crippen LogP contribution in [-0.2, 0) is 4.79 Å².